The molecule has 0 aliphatic carbocycles. The van der Waals surface area contributed by atoms with E-state index in [1.165, 1.54) is 16.7 Å². The summed E-state index contributed by atoms with van der Waals surface area (Å²) >= 11 is 0. The summed E-state index contributed by atoms with van der Waals surface area (Å²) in [4.78, 5) is 0. The molecule has 0 radical (unpaired) electrons. The van der Waals surface area contributed by atoms with Gasteiger partial charge in [-0.1, -0.05) is 91.0 Å². The Balaban J connectivity index is 1.34. The van der Waals surface area contributed by atoms with Crippen LogP contribution in [0.5, 0.6) is 17.2 Å². The average Bonchev–Trinajstić information content (AvgIpc) is 3.12. The second kappa shape index (κ2) is 16.6. The molecule has 5 rings (SSSR count). The quantitative estimate of drug-likeness (QED) is 0.108. The number of aliphatic hydroxyl groups is 2. The first-order chi connectivity index (χ1) is 22.6. The molecule has 5 aromatic carbocycles. The highest BCUT2D eigenvalue weighted by Gasteiger charge is 2.22. The Hall–Kier alpha value is -4.62. The highest BCUT2D eigenvalue weighted by atomic mass is 16.5. The minimum Gasteiger partial charge on any atom is -0.497 e. The standard InChI is InChI=1S/C40H43NO5/c1-44-36-18-13-31(14-19-36)38(32-15-20-37(45-2)21-16-32)25-35(23-29-9-5-3-6-10-29)41-26-39(43)33-17-22-40(34(24-33)27-42)46-28-30-11-7-4-8-12-30/h3-22,24,35,38-39,41-43H,23,25-28H2,1-2H3. The topological polar surface area (TPSA) is 80.2 Å². The summed E-state index contributed by atoms with van der Waals surface area (Å²) in [6.45, 7) is 0.576. The van der Waals surface area contributed by atoms with E-state index in [0.29, 0.717) is 24.5 Å². The maximum absolute atomic E-state index is 11.3. The van der Waals surface area contributed by atoms with Crippen molar-refractivity contribution in [3.63, 3.8) is 0 Å². The van der Waals surface area contributed by atoms with Crippen molar-refractivity contribution in [3.05, 3.63) is 161 Å². The fraction of sp³-hybridized carbons (Fsp3) is 0.250. The lowest BCUT2D eigenvalue weighted by molar-refractivity contribution is 0.167. The first-order valence-electron chi connectivity index (χ1n) is 15.7. The molecule has 0 spiro atoms. The first kappa shape index (κ1) is 32.8. The van der Waals surface area contributed by atoms with Gasteiger partial charge in [0.25, 0.3) is 0 Å². The van der Waals surface area contributed by atoms with Gasteiger partial charge in [0.1, 0.15) is 23.9 Å². The SMILES string of the molecule is COc1ccc(C(CC(Cc2ccccc2)NCC(O)c2ccc(OCc3ccccc3)c(CO)c2)c2ccc(OC)cc2)cc1. The van der Waals surface area contributed by atoms with E-state index in [1.54, 1.807) is 14.2 Å². The third kappa shape index (κ3) is 8.98. The van der Waals surface area contributed by atoms with Gasteiger partial charge in [0, 0.05) is 24.1 Å². The van der Waals surface area contributed by atoms with Gasteiger partial charge in [-0.05, 0) is 77.1 Å². The van der Waals surface area contributed by atoms with Gasteiger partial charge < -0.3 is 29.7 Å². The normalized spacial score (nSPS) is 12.5. The van der Waals surface area contributed by atoms with Crippen LogP contribution < -0.4 is 19.5 Å². The summed E-state index contributed by atoms with van der Waals surface area (Å²) < 4.78 is 16.9. The van der Waals surface area contributed by atoms with E-state index in [4.69, 9.17) is 14.2 Å². The molecule has 3 N–H and O–H groups in total. The number of ether oxygens (including phenoxy) is 3. The van der Waals surface area contributed by atoms with Crippen molar-refractivity contribution < 1.29 is 24.4 Å². The van der Waals surface area contributed by atoms with E-state index in [2.05, 4.69) is 53.8 Å². The van der Waals surface area contributed by atoms with E-state index in [0.717, 1.165) is 35.5 Å². The smallest absolute Gasteiger partial charge is 0.125 e. The van der Waals surface area contributed by atoms with Crippen LogP contribution in [-0.2, 0) is 19.6 Å². The number of methoxy groups -OCH3 is 2. The van der Waals surface area contributed by atoms with Gasteiger partial charge in [-0.3, -0.25) is 0 Å². The highest BCUT2D eigenvalue weighted by molar-refractivity contribution is 5.40. The third-order valence-corrected chi connectivity index (χ3v) is 8.36. The van der Waals surface area contributed by atoms with Crippen LogP contribution in [0.25, 0.3) is 0 Å². The van der Waals surface area contributed by atoms with Gasteiger partial charge in [-0.2, -0.15) is 0 Å². The van der Waals surface area contributed by atoms with E-state index >= 15 is 0 Å². The first-order valence-corrected chi connectivity index (χ1v) is 15.7. The molecule has 0 bridgehead atoms. The van der Waals surface area contributed by atoms with Crippen LogP contribution in [-0.4, -0.2) is 37.0 Å². The van der Waals surface area contributed by atoms with Crippen LogP contribution >= 0.6 is 0 Å². The van der Waals surface area contributed by atoms with E-state index in [1.807, 2.05) is 78.9 Å². The number of rotatable bonds is 16. The van der Waals surface area contributed by atoms with Crippen molar-refractivity contribution in [2.24, 2.45) is 0 Å². The Bertz CT molecular complexity index is 1560. The molecule has 0 aliphatic heterocycles. The van der Waals surface area contributed by atoms with Gasteiger partial charge in [0.05, 0.1) is 26.9 Å². The lowest BCUT2D eigenvalue weighted by Gasteiger charge is -2.27. The zero-order valence-electron chi connectivity index (χ0n) is 26.5. The van der Waals surface area contributed by atoms with Crippen molar-refractivity contribution in [2.45, 2.75) is 44.1 Å². The van der Waals surface area contributed by atoms with E-state index in [9.17, 15) is 10.2 Å². The van der Waals surface area contributed by atoms with Crippen LogP contribution in [0.1, 0.15) is 51.8 Å². The Labute approximate surface area is 272 Å². The van der Waals surface area contributed by atoms with Crippen molar-refractivity contribution >= 4 is 0 Å². The van der Waals surface area contributed by atoms with Crippen LogP contribution in [0, 0.1) is 0 Å². The fourth-order valence-electron chi connectivity index (χ4n) is 5.76. The summed E-state index contributed by atoms with van der Waals surface area (Å²) in [5.74, 6) is 2.34. The predicted molar refractivity (Wildman–Crippen MR) is 182 cm³/mol. The third-order valence-electron chi connectivity index (χ3n) is 8.36. The predicted octanol–water partition coefficient (Wildman–Crippen LogP) is 7.23. The Kier molecular flexibility index (Phi) is 11.8. The van der Waals surface area contributed by atoms with Crippen molar-refractivity contribution in [2.75, 3.05) is 20.8 Å². The van der Waals surface area contributed by atoms with E-state index < -0.39 is 6.10 Å². The number of hydrogen-bond donors (Lipinski definition) is 3. The summed E-state index contributed by atoms with van der Waals surface area (Å²) in [6.07, 6.45) is 0.825. The molecular weight excluding hydrogens is 574 g/mol. The Morgan fingerprint density at radius 1 is 0.652 bits per heavy atom. The minimum absolute atomic E-state index is 0.0528. The highest BCUT2D eigenvalue weighted by Crippen LogP contribution is 2.33. The minimum atomic E-state index is -0.771. The molecule has 0 aliphatic rings. The summed E-state index contributed by atoms with van der Waals surface area (Å²) in [7, 11) is 3.35. The number of hydrogen-bond acceptors (Lipinski definition) is 6. The van der Waals surface area contributed by atoms with Crippen LogP contribution in [0.2, 0.25) is 0 Å². The maximum atomic E-state index is 11.3. The summed E-state index contributed by atoms with van der Waals surface area (Å²) in [5, 5.41) is 25.1. The molecule has 0 saturated carbocycles. The second-order valence-electron chi connectivity index (χ2n) is 11.4. The molecule has 5 aromatic rings. The molecule has 0 fully saturated rings. The van der Waals surface area contributed by atoms with E-state index in [-0.39, 0.29) is 18.6 Å². The second-order valence-corrected chi connectivity index (χ2v) is 11.4. The summed E-state index contributed by atoms with van der Waals surface area (Å²) in [5.41, 5.74) is 6.01. The molecule has 238 valence electrons. The molecule has 2 unspecified atom stereocenters. The number of aliphatic hydroxyl groups excluding tert-OH is 2. The molecule has 6 nitrogen and oxygen atoms in total. The van der Waals surface area contributed by atoms with Crippen LogP contribution in [0.3, 0.4) is 0 Å². The Morgan fingerprint density at radius 2 is 1.20 bits per heavy atom. The average molecular weight is 618 g/mol. The number of benzene rings is 5. The molecule has 2 atom stereocenters. The largest absolute Gasteiger partial charge is 0.497 e. The number of nitrogens with one attached hydrogen (secondary N) is 1. The van der Waals surface area contributed by atoms with Gasteiger partial charge in [-0.15, -0.1) is 0 Å². The monoisotopic (exact) mass is 617 g/mol. The molecule has 0 aromatic heterocycles. The molecular formula is C40H43NO5. The molecule has 0 amide bonds. The lowest BCUT2D eigenvalue weighted by atomic mass is 9.84. The molecule has 0 heterocycles. The molecule has 0 saturated heterocycles. The zero-order chi connectivity index (χ0) is 32.1. The summed E-state index contributed by atoms with van der Waals surface area (Å²) in [6, 6.07) is 42.4. The van der Waals surface area contributed by atoms with Gasteiger partial charge in [-0.25, -0.2) is 0 Å². The Morgan fingerprint density at radius 3 is 1.74 bits per heavy atom. The molecule has 6 heteroatoms. The van der Waals surface area contributed by atoms with Crippen LogP contribution in [0.15, 0.2) is 127 Å². The fourth-order valence-corrected chi connectivity index (χ4v) is 5.76. The van der Waals surface area contributed by atoms with Gasteiger partial charge >= 0.3 is 0 Å². The van der Waals surface area contributed by atoms with Gasteiger partial charge in [0.15, 0.2) is 0 Å². The van der Waals surface area contributed by atoms with Crippen molar-refractivity contribution in [1.82, 2.24) is 5.32 Å². The van der Waals surface area contributed by atoms with Crippen molar-refractivity contribution in [1.29, 1.82) is 0 Å². The molecule has 46 heavy (non-hydrogen) atoms. The van der Waals surface area contributed by atoms with Crippen molar-refractivity contribution in [3.8, 4) is 17.2 Å². The zero-order valence-corrected chi connectivity index (χ0v) is 26.5. The van der Waals surface area contributed by atoms with Gasteiger partial charge in [0.2, 0.25) is 0 Å². The lowest BCUT2D eigenvalue weighted by Crippen LogP contribution is -2.36. The van der Waals surface area contributed by atoms with Crippen LogP contribution in [0.4, 0.5) is 0 Å². The maximum Gasteiger partial charge on any atom is 0.125 e.